The van der Waals surface area contributed by atoms with E-state index in [1.165, 1.54) is 11.4 Å². The second-order valence-electron chi connectivity index (χ2n) is 4.97. The molecule has 0 heterocycles. The fourth-order valence-corrected chi connectivity index (χ4v) is 3.21. The van der Waals surface area contributed by atoms with Crippen LogP contribution in [0.1, 0.15) is 11.1 Å². The summed E-state index contributed by atoms with van der Waals surface area (Å²) in [5.74, 6) is 0. The maximum atomic E-state index is 12.7. The third-order valence-corrected chi connectivity index (χ3v) is 5.17. The maximum absolute atomic E-state index is 12.7. The van der Waals surface area contributed by atoms with E-state index < -0.39 is 10.0 Å². The molecule has 0 bridgehead atoms. The molecular weight excluding hydrogens is 294 g/mol. The molecule has 0 N–H and O–H groups in total. The minimum atomic E-state index is -3.59. The van der Waals surface area contributed by atoms with E-state index in [1.807, 2.05) is 37.3 Å². The molecule has 0 aliphatic carbocycles. The van der Waals surface area contributed by atoms with E-state index in [-0.39, 0.29) is 4.90 Å². The Morgan fingerprint density at radius 1 is 1.05 bits per heavy atom. The van der Waals surface area contributed by atoms with Gasteiger partial charge in [0, 0.05) is 7.05 Å². The van der Waals surface area contributed by atoms with Crippen molar-refractivity contribution in [2.24, 2.45) is 0 Å². The number of nitrogens with zero attached hydrogens (tertiary/aromatic N) is 1. The highest BCUT2D eigenvalue weighted by molar-refractivity contribution is 7.89. The number of aryl methyl sites for hydroxylation is 1. The van der Waals surface area contributed by atoms with Gasteiger partial charge in [-0.1, -0.05) is 54.6 Å². The molecule has 3 nitrogen and oxygen atoms in total. The van der Waals surface area contributed by atoms with Crippen molar-refractivity contribution in [3.8, 4) is 0 Å². The molecule has 2 aromatic rings. The molecular formula is C18H19NO2S. The standard InChI is InChI=1S/C18H19NO2S/c1-4-17(14-16-8-6-5-7-9-16)19(3)22(20,21)18-12-10-15(2)11-13-18/h4-14H,1H2,2-3H3/b17-14-. The average molecular weight is 313 g/mol. The Hall–Kier alpha value is -2.33. The van der Waals surface area contributed by atoms with Crippen LogP contribution in [-0.4, -0.2) is 19.8 Å². The minimum Gasteiger partial charge on any atom is -0.269 e. The van der Waals surface area contributed by atoms with Crippen LogP contribution in [0.4, 0.5) is 0 Å². The van der Waals surface area contributed by atoms with Crippen LogP contribution in [0, 0.1) is 6.92 Å². The molecule has 0 saturated carbocycles. The van der Waals surface area contributed by atoms with E-state index in [2.05, 4.69) is 6.58 Å². The van der Waals surface area contributed by atoms with Crippen LogP contribution in [0.2, 0.25) is 0 Å². The van der Waals surface area contributed by atoms with E-state index in [9.17, 15) is 8.42 Å². The van der Waals surface area contributed by atoms with Gasteiger partial charge in [-0.2, -0.15) is 0 Å². The minimum absolute atomic E-state index is 0.265. The SMILES string of the molecule is C=C/C(=C/c1ccccc1)N(C)S(=O)(=O)c1ccc(C)cc1. The zero-order chi connectivity index (χ0) is 16.2. The number of likely N-dealkylation sites (N-methyl/N-ethyl adjacent to an activating group) is 1. The van der Waals surface area contributed by atoms with Crippen molar-refractivity contribution < 1.29 is 8.42 Å². The first-order valence-electron chi connectivity index (χ1n) is 6.90. The lowest BCUT2D eigenvalue weighted by Crippen LogP contribution is -2.25. The molecule has 0 amide bonds. The predicted octanol–water partition coefficient (Wildman–Crippen LogP) is 3.84. The number of rotatable bonds is 5. The average Bonchev–Trinajstić information content (AvgIpc) is 2.53. The third kappa shape index (κ3) is 3.46. The fourth-order valence-electron chi connectivity index (χ4n) is 2.01. The largest absolute Gasteiger partial charge is 0.269 e. The van der Waals surface area contributed by atoms with Gasteiger partial charge < -0.3 is 0 Å². The smallest absolute Gasteiger partial charge is 0.264 e. The van der Waals surface area contributed by atoms with Gasteiger partial charge in [0.15, 0.2) is 0 Å². The van der Waals surface area contributed by atoms with Gasteiger partial charge in [-0.05, 0) is 36.8 Å². The number of benzene rings is 2. The van der Waals surface area contributed by atoms with Gasteiger partial charge in [-0.25, -0.2) is 8.42 Å². The Kier molecular flexibility index (Phi) is 4.83. The molecule has 4 heteroatoms. The summed E-state index contributed by atoms with van der Waals surface area (Å²) in [4.78, 5) is 0.265. The second kappa shape index (κ2) is 6.62. The van der Waals surface area contributed by atoms with Gasteiger partial charge in [-0.3, -0.25) is 4.31 Å². The fraction of sp³-hybridized carbons (Fsp3) is 0.111. The highest BCUT2D eigenvalue weighted by Gasteiger charge is 2.21. The van der Waals surface area contributed by atoms with Crippen LogP contribution in [-0.2, 0) is 10.0 Å². The highest BCUT2D eigenvalue weighted by atomic mass is 32.2. The molecule has 0 spiro atoms. The van der Waals surface area contributed by atoms with Crippen molar-refractivity contribution >= 4 is 16.1 Å². The lowest BCUT2D eigenvalue weighted by molar-refractivity contribution is 0.531. The van der Waals surface area contributed by atoms with Crippen LogP contribution >= 0.6 is 0 Å². The van der Waals surface area contributed by atoms with Crippen LogP contribution in [0.5, 0.6) is 0 Å². The van der Waals surface area contributed by atoms with Crippen LogP contribution in [0.3, 0.4) is 0 Å². The third-order valence-electron chi connectivity index (χ3n) is 3.37. The van der Waals surface area contributed by atoms with Crippen molar-refractivity contribution in [1.82, 2.24) is 4.31 Å². The molecule has 22 heavy (non-hydrogen) atoms. The topological polar surface area (TPSA) is 37.4 Å². The Morgan fingerprint density at radius 2 is 1.64 bits per heavy atom. The first-order valence-corrected chi connectivity index (χ1v) is 8.34. The lowest BCUT2D eigenvalue weighted by atomic mass is 10.2. The van der Waals surface area contributed by atoms with Crippen LogP contribution < -0.4 is 0 Å². The van der Waals surface area contributed by atoms with Gasteiger partial charge in [0.2, 0.25) is 0 Å². The number of sulfonamides is 1. The molecule has 2 rings (SSSR count). The molecule has 2 aromatic carbocycles. The molecule has 0 aliphatic heterocycles. The summed E-state index contributed by atoms with van der Waals surface area (Å²) in [6.45, 7) is 5.65. The van der Waals surface area contributed by atoms with Crippen molar-refractivity contribution in [1.29, 1.82) is 0 Å². The molecule has 114 valence electrons. The van der Waals surface area contributed by atoms with E-state index in [0.29, 0.717) is 5.70 Å². The monoisotopic (exact) mass is 313 g/mol. The van der Waals surface area contributed by atoms with E-state index in [4.69, 9.17) is 0 Å². The first-order chi connectivity index (χ1) is 10.4. The Bertz CT molecular complexity index is 776. The van der Waals surface area contributed by atoms with Crippen molar-refractivity contribution in [3.63, 3.8) is 0 Å². The normalized spacial score (nSPS) is 12.0. The summed E-state index contributed by atoms with van der Waals surface area (Å²) in [5, 5.41) is 0. The van der Waals surface area contributed by atoms with Gasteiger partial charge >= 0.3 is 0 Å². The first kappa shape index (κ1) is 16.0. The number of hydrogen-bond acceptors (Lipinski definition) is 2. The van der Waals surface area contributed by atoms with Crippen molar-refractivity contribution in [3.05, 3.63) is 84.1 Å². The molecule has 0 saturated heterocycles. The zero-order valence-electron chi connectivity index (χ0n) is 12.7. The molecule has 0 radical (unpaired) electrons. The summed E-state index contributed by atoms with van der Waals surface area (Å²) in [5.41, 5.74) is 2.46. The summed E-state index contributed by atoms with van der Waals surface area (Å²) in [7, 11) is -2.06. The summed E-state index contributed by atoms with van der Waals surface area (Å²) < 4.78 is 26.6. The van der Waals surface area contributed by atoms with Crippen LogP contribution in [0.15, 0.2) is 77.8 Å². The maximum Gasteiger partial charge on any atom is 0.264 e. The molecule has 0 aliphatic rings. The Morgan fingerprint density at radius 3 is 2.18 bits per heavy atom. The number of allylic oxidation sites excluding steroid dienone is 1. The van der Waals surface area contributed by atoms with Gasteiger partial charge in [-0.15, -0.1) is 0 Å². The molecule has 0 aromatic heterocycles. The van der Waals surface area contributed by atoms with Crippen molar-refractivity contribution in [2.75, 3.05) is 7.05 Å². The molecule has 0 fully saturated rings. The Labute approximate surface area is 132 Å². The van der Waals surface area contributed by atoms with Crippen LogP contribution in [0.25, 0.3) is 6.08 Å². The molecule has 0 atom stereocenters. The lowest BCUT2D eigenvalue weighted by Gasteiger charge is -2.20. The summed E-state index contributed by atoms with van der Waals surface area (Å²) in [6.07, 6.45) is 3.33. The summed E-state index contributed by atoms with van der Waals surface area (Å²) >= 11 is 0. The Balaban J connectivity index is 2.39. The van der Waals surface area contributed by atoms with Gasteiger partial charge in [0.25, 0.3) is 10.0 Å². The molecule has 0 unspecified atom stereocenters. The van der Waals surface area contributed by atoms with E-state index >= 15 is 0 Å². The van der Waals surface area contributed by atoms with Gasteiger partial charge in [0.1, 0.15) is 0 Å². The number of hydrogen-bond donors (Lipinski definition) is 0. The summed E-state index contributed by atoms with van der Waals surface area (Å²) in [6, 6.07) is 16.4. The highest BCUT2D eigenvalue weighted by Crippen LogP contribution is 2.21. The van der Waals surface area contributed by atoms with Gasteiger partial charge in [0.05, 0.1) is 10.6 Å². The van der Waals surface area contributed by atoms with E-state index in [0.717, 1.165) is 11.1 Å². The second-order valence-corrected chi connectivity index (χ2v) is 6.94. The quantitative estimate of drug-likeness (QED) is 0.786. The predicted molar refractivity (Wildman–Crippen MR) is 90.7 cm³/mol. The van der Waals surface area contributed by atoms with Crippen molar-refractivity contribution in [2.45, 2.75) is 11.8 Å². The van der Waals surface area contributed by atoms with E-state index in [1.54, 1.807) is 36.4 Å². The zero-order valence-corrected chi connectivity index (χ0v) is 13.5.